The minimum absolute atomic E-state index is 0.0490. The lowest BCUT2D eigenvalue weighted by atomic mass is 10.1. The molecule has 0 saturated heterocycles. The van der Waals surface area contributed by atoms with Crippen LogP contribution in [0.15, 0.2) is 18.3 Å². The monoisotopic (exact) mass is 259 g/mol. The molecule has 2 N–H and O–H groups in total. The lowest BCUT2D eigenvalue weighted by molar-refractivity contribution is 0.0718. The summed E-state index contributed by atoms with van der Waals surface area (Å²) >= 11 is 0. The lowest BCUT2D eigenvalue weighted by Crippen LogP contribution is -2.36. The Hall–Kier alpha value is -1.86. The van der Waals surface area contributed by atoms with E-state index in [1.807, 2.05) is 7.05 Å². The topological polar surface area (TPSA) is 59.2 Å². The van der Waals surface area contributed by atoms with Gasteiger partial charge >= 0.3 is 0 Å². The second kappa shape index (κ2) is 7.55. The molecule has 0 aliphatic rings. The average Bonchev–Trinajstić information content (AvgIpc) is 2.46. The highest BCUT2D eigenvalue weighted by atomic mass is 16.2. The molecule has 1 aromatic rings. The molecule has 4 nitrogen and oxygen atoms in total. The number of nitrogens with zero attached hydrogens (tertiary/aromatic N) is 2. The molecule has 0 bridgehead atoms. The SMILES string of the molecule is CCC(CC)N(C)C(=O)c1ccc(C#CCN)cn1. The number of hydrogen-bond acceptors (Lipinski definition) is 3. The van der Waals surface area contributed by atoms with Gasteiger partial charge in [-0.1, -0.05) is 25.7 Å². The van der Waals surface area contributed by atoms with Crippen LogP contribution in [0.3, 0.4) is 0 Å². The van der Waals surface area contributed by atoms with E-state index in [4.69, 9.17) is 5.73 Å². The first-order valence-electron chi connectivity index (χ1n) is 6.56. The third kappa shape index (κ3) is 4.08. The third-order valence-corrected chi connectivity index (χ3v) is 3.13. The van der Waals surface area contributed by atoms with Crippen LogP contribution in [0.4, 0.5) is 0 Å². The number of rotatable bonds is 4. The van der Waals surface area contributed by atoms with E-state index in [0.29, 0.717) is 12.2 Å². The third-order valence-electron chi connectivity index (χ3n) is 3.13. The fourth-order valence-corrected chi connectivity index (χ4v) is 1.93. The van der Waals surface area contributed by atoms with Gasteiger partial charge in [0.2, 0.25) is 0 Å². The Bertz CT molecular complexity index is 466. The first kappa shape index (κ1) is 15.2. The number of nitrogens with two attached hydrogens (primary N) is 1. The van der Waals surface area contributed by atoms with E-state index in [2.05, 4.69) is 30.7 Å². The van der Waals surface area contributed by atoms with Crippen LogP contribution >= 0.6 is 0 Å². The van der Waals surface area contributed by atoms with Crippen LogP contribution in [-0.2, 0) is 0 Å². The zero-order chi connectivity index (χ0) is 14.3. The van der Waals surface area contributed by atoms with Crippen LogP contribution in [0.2, 0.25) is 0 Å². The van der Waals surface area contributed by atoms with Gasteiger partial charge in [0.05, 0.1) is 6.54 Å². The molecule has 0 fully saturated rings. The summed E-state index contributed by atoms with van der Waals surface area (Å²) in [6.07, 6.45) is 3.49. The van der Waals surface area contributed by atoms with Crippen LogP contribution in [0.5, 0.6) is 0 Å². The van der Waals surface area contributed by atoms with Gasteiger partial charge in [-0.3, -0.25) is 4.79 Å². The Kier molecular flexibility index (Phi) is 6.04. The molecule has 0 unspecified atom stereocenters. The predicted molar refractivity (Wildman–Crippen MR) is 76.6 cm³/mol. The Morgan fingerprint density at radius 1 is 1.42 bits per heavy atom. The van der Waals surface area contributed by atoms with E-state index in [1.54, 1.807) is 23.2 Å². The molecule has 0 aliphatic carbocycles. The van der Waals surface area contributed by atoms with Gasteiger partial charge < -0.3 is 10.6 Å². The van der Waals surface area contributed by atoms with E-state index < -0.39 is 0 Å². The fraction of sp³-hybridized carbons (Fsp3) is 0.467. The van der Waals surface area contributed by atoms with Crippen LogP contribution < -0.4 is 5.73 Å². The van der Waals surface area contributed by atoms with Crippen LogP contribution in [0, 0.1) is 11.8 Å². The van der Waals surface area contributed by atoms with Gasteiger partial charge in [0.1, 0.15) is 5.69 Å². The van der Waals surface area contributed by atoms with Crippen LogP contribution in [0.1, 0.15) is 42.7 Å². The molecule has 1 amide bonds. The summed E-state index contributed by atoms with van der Waals surface area (Å²) in [5, 5.41) is 0. The van der Waals surface area contributed by atoms with Crippen LogP contribution in [0.25, 0.3) is 0 Å². The molecule has 0 saturated carbocycles. The molecular weight excluding hydrogens is 238 g/mol. The van der Waals surface area contributed by atoms with Gasteiger partial charge in [-0.2, -0.15) is 0 Å². The number of carbonyl (C=O) groups excluding carboxylic acids is 1. The number of aromatic nitrogens is 1. The zero-order valence-corrected chi connectivity index (χ0v) is 11.8. The summed E-state index contributed by atoms with van der Waals surface area (Å²) in [6.45, 7) is 4.48. The highest BCUT2D eigenvalue weighted by Crippen LogP contribution is 2.10. The molecule has 4 heteroatoms. The zero-order valence-electron chi connectivity index (χ0n) is 11.8. The van der Waals surface area contributed by atoms with E-state index >= 15 is 0 Å². The second-order valence-electron chi connectivity index (χ2n) is 4.32. The van der Waals surface area contributed by atoms with Crippen molar-refractivity contribution in [3.05, 3.63) is 29.6 Å². The number of amides is 1. The standard InChI is InChI=1S/C15H21N3O/c1-4-13(5-2)18(3)15(19)14-9-8-12(11-17-14)7-6-10-16/h8-9,11,13H,4-5,10,16H2,1-3H3. The normalized spacial score (nSPS) is 9.95. The van der Waals surface area contributed by atoms with Gasteiger partial charge in [-0.15, -0.1) is 0 Å². The molecular formula is C15H21N3O. The van der Waals surface area contributed by atoms with Crippen molar-refractivity contribution in [3.63, 3.8) is 0 Å². The Morgan fingerprint density at radius 2 is 2.11 bits per heavy atom. The molecule has 0 atom stereocenters. The number of carbonyl (C=O) groups is 1. The van der Waals surface area contributed by atoms with E-state index in [-0.39, 0.29) is 11.9 Å². The highest BCUT2D eigenvalue weighted by molar-refractivity contribution is 5.92. The largest absolute Gasteiger partial charge is 0.337 e. The smallest absolute Gasteiger partial charge is 0.272 e. The van der Waals surface area contributed by atoms with Crippen molar-refractivity contribution in [1.82, 2.24) is 9.88 Å². The summed E-state index contributed by atoms with van der Waals surface area (Å²) in [5.74, 6) is 5.59. The molecule has 0 aliphatic heterocycles. The molecule has 1 aromatic heterocycles. The Labute approximate surface area is 115 Å². The first-order chi connectivity index (χ1) is 9.13. The van der Waals surface area contributed by atoms with E-state index in [0.717, 1.165) is 18.4 Å². The maximum Gasteiger partial charge on any atom is 0.272 e. The lowest BCUT2D eigenvalue weighted by Gasteiger charge is -2.25. The van der Waals surface area contributed by atoms with E-state index in [9.17, 15) is 4.79 Å². The highest BCUT2D eigenvalue weighted by Gasteiger charge is 2.18. The summed E-state index contributed by atoms with van der Waals surface area (Å²) in [5.41, 5.74) is 6.53. The molecule has 0 spiro atoms. The van der Waals surface area contributed by atoms with Crippen molar-refractivity contribution in [2.45, 2.75) is 32.7 Å². The van der Waals surface area contributed by atoms with Crippen molar-refractivity contribution in [2.24, 2.45) is 5.73 Å². The summed E-state index contributed by atoms with van der Waals surface area (Å²) < 4.78 is 0. The molecule has 102 valence electrons. The molecule has 1 heterocycles. The summed E-state index contributed by atoms with van der Waals surface area (Å²) in [7, 11) is 1.82. The average molecular weight is 259 g/mol. The second-order valence-corrected chi connectivity index (χ2v) is 4.32. The quantitative estimate of drug-likeness (QED) is 0.836. The van der Waals surface area contributed by atoms with Gasteiger partial charge in [0.15, 0.2) is 0 Å². The van der Waals surface area contributed by atoms with Crippen LogP contribution in [-0.4, -0.2) is 35.4 Å². The van der Waals surface area contributed by atoms with Gasteiger partial charge in [-0.25, -0.2) is 4.98 Å². The number of pyridine rings is 1. The van der Waals surface area contributed by atoms with Crippen molar-refractivity contribution in [1.29, 1.82) is 0 Å². The summed E-state index contributed by atoms with van der Waals surface area (Å²) in [4.78, 5) is 18.2. The van der Waals surface area contributed by atoms with Crippen molar-refractivity contribution >= 4 is 5.91 Å². The molecule has 0 aromatic carbocycles. The maximum atomic E-state index is 12.2. The van der Waals surface area contributed by atoms with E-state index in [1.165, 1.54) is 0 Å². The van der Waals surface area contributed by atoms with Crippen molar-refractivity contribution < 1.29 is 4.79 Å². The van der Waals surface area contributed by atoms with Gasteiger partial charge in [0.25, 0.3) is 5.91 Å². The number of hydrogen-bond donors (Lipinski definition) is 1. The minimum Gasteiger partial charge on any atom is -0.337 e. The fourth-order valence-electron chi connectivity index (χ4n) is 1.93. The maximum absolute atomic E-state index is 12.2. The summed E-state index contributed by atoms with van der Waals surface area (Å²) in [6, 6.07) is 3.76. The van der Waals surface area contributed by atoms with Gasteiger partial charge in [0, 0.05) is 24.8 Å². The van der Waals surface area contributed by atoms with Crippen molar-refractivity contribution in [2.75, 3.05) is 13.6 Å². The molecule has 19 heavy (non-hydrogen) atoms. The van der Waals surface area contributed by atoms with Crippen molar-refractivity contribution in [3.8, 4) is 11.8 Å². The predicted octanol–water partition coefficient (Wildman–Crippen LogP) is 1.65. The molecule has 1 rings (SSSR count). The minimum atomic E-state index is -0.0490. The van der Waals surface area contributed by atoms with Gasteiger partial charge in [-0.05, 0) is 25.0 Å². The first-order valence-corrected chi connectivity index (χ1v) is 6.56. The Balaban J connectivity index is 2.83. The Morgan fingerprint density at radius 3 is 2.58 bits per heavy atom. The molecule has 0 radical (unpaired) electrons.